The second-order valence-electron chi connectivity index (χ2n) is 3.42. The van der Waals surface area contributed by atoms with E-state index in [9.17, 15) is 4.79 Å². The number of benzene rings is 1. The number of hydrogen-bond donors (Lipinski definition) is 2. The molecule has 0 bridgehead atoms. The van der Waals surface area contributed by atoms with Gasteiger partial charge in [0.05, 0.1) is 24.7 Å². The number of aliphatic carboxylic acids is 1. The summed E-state index contributed by atoms with van der Waals surface area (Å²) >= 11 is 0. The normalized spacial score (nSPS) is 9.81. The van der Waals surface area contributed by atoms with E-state index in [2.05, 4.69) is 0 Å². The van der Waals surface area contributed by atoms with Crippen LogP contribution in [0.2, 0.25) is 0 Å². The molecule has 0 unspecified atom stereocenters. The van der Waals surface area contributed by atoms with Gasteiger partial charge in [0.25, 0.3) is 0 Å². The molecule has 84 valence electrons. The standard InChI is InChI=1S/C12H13NO3/c1-2-10-9(7-14)4-3-8(6-13)11(10)5-12(15)16/h3-4,14H,2,5,7H2,1H3,(H,15,16). The van der Waals surface area contributed by atoms with Crippen LogP contribution in [0.5, 0.6) is 0 Å². The van der Waals surface area contributed by atoms with Crippen LogP contribution in [-0.2, 0) is 24.2 Å². The van der Waals surface area contributed by atoms with Crippen LogP contribution in [0, 0.1) is 11.3 Å². The Morgan fingerprint density at radius 3 is 2.56 bits per heavy atom. The summed E-state index contributed by atoms with van der Waals surface area (Å²) in [4.78, 5) is 10.7. The third kappa shape index (κ3) is 2.38. The van der Waals surface area contributed by atoms with Crippen LogP contribution in [0.4, 0.5) is 0 Å². The lowest BCUT2D eigenvalue weighted by Gasteiger charge is -2.12. The zero-order valence-electron chi connectivity index (χ0n) is 9.03. The lowest BCUT2D eigenvalue weighted by atomic mass is 9.93. The first-order valence-corrected chi connectivity index (χ1v) is 5.00. The highest BCUT2D eigenvalue weighted by atomic mass is 16.4. The first kappa shape index (κ1) is 12.2. The molecule has 2 N–H and O–H groups in total. The van der Waals surface area contributed by atoms with E-state index in [-0.39, 0.29) is 13.0 Å². The Morgan fingerprint density at radius 1 is 1.44 bits per heavy atom. The highest BCUT2D eigenvalue weighted by molar-refractivity contribution is 5.72. The monoisotopic (exact) mass is 219 g/mol. The predicted molar refractivity (Wildman–Crippen MR) is 57.8 cm³/mol. The summed E-state index contributed by atoms with van der Waals surface area (Å²) in [7, 11) is 0. The molecule has 0 saturated carbocycles. The van der Waals surface area contributed by atoms with Gasteiger partial charge in [0, 0.05) is 0 Å². The average molecular weight is 219 g/mol. The molecule has 0 aliphatic carbocycles. The van der Waals surface area contributed by atoms with Crippen LogP contribution in [0.25, 0.3) is 0 Å². The second kappa shape index (κ2) is 5.29. The van der Waals surface area contributed by atoms with Gasteiger partial charge in [0.15, 0.2) is 0 Å². The summed E-state index contributed by atoms with van der Waals surface area (Å²) in [5.41, 5.74) is 2.35. The molecule has 0 amide bonds. The number of carbonyl (C=O) groups is 1. The minimum atomic E-state index is -0.971. The van der Waals surface area contributed by atoms with Crippen molar-refractivity contribution in [3.05, 3.63) is 34.4 Å². The topological polar surface area (TPSA) is 81.3 Å². The molecule has 1 aromatic rings. The van der Waals surface area contributed by atoms with E-state index in [4.69, 9.17) is 15.5 Å². The fourth-order valence-electron chi connectivity index (χ4n) is 1.79. The van der Waals surface area contributed by atoms with E-state index >= 15 is 0 Å². The molecule has 16 heavy (non-hydrogen) atoms. The van der Waals surface area contributed by atoms with Crippen LogP contribution >= 0.6 is 0 Å². The minimum absolute atomic E-state index is 0.137. The smallest absolute Gasteiger partial charge is 0.307 e. The van der Waals surface area contributed by atoms with E-state index in [1.54, 1.807) is 12.1 Å². The molecule has 0 aliphatic heterocycles. The summed E-state index contributed by atoms with van der Waals surface area (Å²) in [5.74, 6) is -0.971. The van der Waals surface area contributed by atoms with Crippen LogP contribution < -0.4 is 0 Å². The quantitative estimate of drug-likeness (QED) is 0.798. The molecule has 0 saturated heterocycles. The summed E-state index contributed by atoms with van der Waals surface area (Å²) in [6.07, 6.45) is 0.425. The van der Waals surface area contributed by atoms with Crippen LogP contribution in [0.15, 0.2) is 12.1 Å². The molecular weight excluding hydrogens is 206 g/mol. The lowest BCUT2D eigenvalue weighted by Crippen LogP contribution is -2.08. The third-order valence-electron chi connectivity index (χ3n) is 2.50. The summed E-state index contributed by atoms with van der Waals surface area (Å²) < 4.78 is 0. The predicted octanol–water partition coefficient (Wildman–Crippen LogP) is 1.24. The van der Waals surface area contributed by atoms with Crippen LogP contribution in [0.3, 0.4) is 0 Å². The Balaban J connectivity index is 3.37. The lowest BCUT2D eigenvalue weighted by molar-refractivity contribution is -0.136. The molecule has 4 heteroatoms. The zero-order valence-corrected chi connectivity index (χ0v) is 9.03. The van der Waals surface area contributed by atoms with Crippen molar-refractivity contribution >= 4 is 5.97 Å². The highest BCUT2D eigenvalue weighted by Gasteiger charge is 2.14. The van der Waals surface area contributed by atoms with Gasteiger partial charge in [-0.15, -0.1) is 0 Å². The van der Waals surface area contributed by atoms with Gasteiger partial charge in [0.2, 0.25) is 0 Å². The van der Waals surface area contributed by atoms with Crippen molar-refractivity contribution in [1.29, 1.82) is 5.26 Å². The van der Waals surface area contributed by atoms with Gasteiger partial charge in [-0.2, -0.15) is 5.26 Å². The maximum atomic E-state index is 10.7. The number of nitriles is 1. The number of carboxylic acid groups (broad SMARTS) is 1. The number of aliphatic hydroxyl groups excluding tert-OH is 1. The van der Waals surface area contributed by atoms with Gasteiger partial charge in [0.1, 0.15) is 0 Å². The molecule has 0 radical (unpaired) electrons. The van der Waals surface area contributed by atoms with E-state index in [0.717, 1.165) is 5.56 Å². The molecule has 1 rings (SSSR count). The van der Waals surface area contributed by atoms with E-state index in [0.29, 0.717) is 23.1 Å². The highest BCUT2D eigenvalue weighted by Crippen LogP contribution is 2.20. The van der Waals surface area contributed by atoms with Crippen molar-refractivity contribution in [1.82, 2.24) is 0 Å². The van der Waals surface area contributed by atoms with Crippen molar-refractivity contribution < 1.29 is 15.0 Å². The van der Waals surface area contributed by atoms with Gasteiger partial charge in [-0.05, 0) is 29.2 Å². The first-order valence-electron chi connectivity index (χ1n) is 5.00. The molecule has 0 atom stereocenters. The third-order valence-corrected chi connectivity index (χ3v) is 2.50. The Bertz CT molecular complexity index is 446. The average Bonchev–Trinajstić information content (AvgIpc) is 2.27. The largest absolute Gasteiger partial charge is 0.481 e. The maximum Gasteiger partial charge on any atom is 0.307 e. The van der Waals surface area contributed by atoms with E-state index in [1.807, 2.05) is 13.0 Å². The Morgan fingerprint density at radius 2 is 2.12 bits per heavy atom. The van der Waals surface area contributed by atoms with Crippen molar-refractivity contribution in [2.45, 2.75) is 26.4 Å². The van der Waals surface area contributed by atoms with Gasteiger partial charge in [-0.1, -0.05) is 13.0 Å². The number of carboxylic acids is 1. The van der Waals surface area contributed by atoms with Gasteiger partial charge >= 0.3 is 5.97 Å². The van der Waals surface area contributed by atoms with Crippen molar-refractivity contribution in [2.24, 2.45) is 0 Å². The number of hydrogen-bond acceptors (Lipinski definition) is 3. The molecular formula is C12H13NO3. The Labute approximate surface area is 93.8 Å². The maximum absolute atomic E-state index is 10.7. The van der Waals surface area contributed by atoms with Crippen molar-refractivity contribution in [3.63, 3.8) is 0 Å². The van der Waals surface area contributed by atoms with Gasteiger partial charge in [-0.3, -0.25) is 4.79 Å². The zero-order chi connectivity index (χ0) is 12.1. The number of nitrogens with zero attached hydrogens (tertiary/aromatic N) is 1. The fourth-order valence-corrected chi connectivity index (χ4v) is 1.79. The molecule has 0 aromatic heterocycles. The van der Waals surface area contributed by atoms with E-state index < -0.39 is 5.97 Å². The van der Waals surface area contributed by atoms with Crippen molar-refractivity contribution in [3.8, 4) is 6.07 Å². The summed E-state index contributed by atoms with van der Waals surface area (Å²) in [6.45, 7) is 1.74. The number of rotatable bonds is 4. The Hall–Kier alpha value is -1.86. The fraction of sp³-hybridized carbons (Fsp3) is 0.333. The first-order chi connectivity index (χ1) is 7.63. The van der Waals surface area contributed by atoms with Crippen molar-refractivity contribution in [2.75, 3.05) is 0 Å². The van der Waals surface area contributed by atoms with E-state index in [1.165, 1.54) is 0 Å². The summed E-state index contributed by atoms with van der Waals surface area (Å²) in [5, 5.41) is 26.8. The molecule has 0 spiro atoms. The summed E-state index contributed by atoms with van der Waals surface area (Å²) in [6, 6.07) is 5.21. The molecule has 0 heterocycles. The molecule has 0 aliphatic rings. The van der Waals surface area contributed by atoms with Gasteiger partial charge in [-0.25, -0.2) is 0 Å². The minimum Gasteiger partial charge on any atom is -0.481 e. The molecule has 4 nitrogen and oxygen atoms in total. The Kier molecular flexibility index (Phi) is 4.03. The number of aliphatic hydroxyl groups is 1. The second-order valence-corrected chi connectivity index (χ2v) is 3.42. The SMILES string of the molecule is CCc1c(CO)ccc(C#N)c1CC(=O)O. The van der Waals surface area contributed by atoms with Crippen LogP contribution in [0.1, 0.15) is 29.2 Å². The van der Waals surface area contributed by atoms with Gasteiger partial charge < -0.3 is 10.2 Å². The molecule has 0 fully saturated rings. The molecule has 1 aromatic carbocycles. The van der Waals surface area contributed by atoms with Crippen LogP contribution in [-0.4, -0.2) is 16.2 Å².